The molecule has 0 aliphatic carbocycles. The van der Waals surface area contributed by atoms with E-state index in [-0.39, 0.29) is 41.3 Å². The molecule has 6 rings (SSSR count). The zero-order valence-corrected chi connectivity index (χ0v) is 43.9. The lowest BCUT2D eigenvalue weighted by Crippen LogP contribution is -2.27. The molecule has 4 aromatic carbocycles. The maximum atomic E-state index is 11.6. The number of amides is 1. The topological polar surface area (TPSA) is 131 Å². The van der Waals surface area contributed by atoms with E-state index in [0.717, 1.165) is 59.3 Å². The van der Waals surface area contributed by atoms with Crippen molar-refractivity contribution in [2.24, 2.45) is 0 Å². The molecule has 378 valence electrons. The first-order valence-electron chi connectivity index (χ1n) is 23.3. The molecule has 0 saturated carbocycles. The first kappa shape index (κ1) is 57.4. The molecule has 0 radical (unpaired) electrons. The van der Waals surface area contributed by atoms with Gasteiger partial charge in [0.2, 0.25) is 0 Å². The van der Waals surface area contributed by atoms with Gasteiger partial charge in [-0.3, -0.25) is 5.32 Å². The third-order valence-electron chi connectivity index (χ3n) is 8.53. The Morgan fingerprint density at radius 3 is 1.07 bits per heavy atom. The Morgan fingerprint density at radius 1 is 0.456 bits per heavy atom. The van der Waals surface area contributed by atoms with Crippen LogP contribution in [0.1, 0.15) is 146 Å². The fraction of sp³-hybridized carbons (Fsp3) is 0.545. The van der Waals surface area contributed by atoms with E-state index in [4.69, 9.17) is 52.1 Å². The van der Waals surface area contributed by atoms with Crippen LogP contribution < -0.4 is 24.3 Å². The van der Waals surface area contributed by atoms with E-state index in [2.05, 4.69) is 5.32 Å². The van der Waals surface area contributed by atoms with Crippen LogP contribution in [0.25, 0.3) is 0 Å². The number of hydrogen-bond acceptors (Lipinski definition) is 12. The van der Waals surface area contributed by atoms with Gasteiger partial charge in [0.1, 0.15) is 51.0 Å². The maximum absolute atomic E-state index is 11.6. The lowest BCUT2D eigenvalue weighted by molar-refractivity contribution is -0.183. The van der Waals surface area contributed by atoms with Gasteiger partial charge in [0.05, 0.1) is 26.4 Å². The van der Waals surface area contributed by atoms with Gasteiger partial charge in [-0.15, -0.1) is 0 Å². The minimum absolute atomic E-state index is 0.165. The van der Waals surface area contributed by atoms with Crippen molar-refractivity contribution in [2.45, 2.75) is 157 Å². The molecule has 0 aromatic heterocycles. The molecule has 0 atom stereocenters. The summed E-state index contributed by atoms with van der Waals surface area (Å²) in [6.07, 6.45) is -0.223. The second-order valence-corrected chi connectivity index (χ2v) is 21.0. The molecule has 2 heterocycles. The summed E-state index contributed by atoms with van der Waals surface area (Å²) in [5.41, 5.74) is 2.50. The molecule has 0 unspecified atom stereocenters. The van der Waals surface area contributed by atoms with Crippen LogP contribution in [0.15, 0.2) is 97.1 Å². The monoisotopic (exact) mass is 948 g/mol. The number of carbonyl (C=O) groups excluding carboxylic acids is 1. The van der Waals surface area contributed by atoms with Crippen molar-refractivity contribution in [3.8, 4) is 23.0 Å². The van der Waals surface area contributed by atoms with Crippen LogP contribution >= 0.6 is 0 Å². The van der Waals surface area contributed by atoms with E-state index in [1.165, 1.54) is 0 Å². The van der Waals surface area contributed by atoms with Crippen molar-refractivity contribution < 1.29 is 56.9 Å². The predicted molar refractivity (Wildman–Crippen MR) is 268 cm³/mol. The Labute approximate surface area is 407 Å². The Kier molecular flexibility index (Phi) is 22.1. The predicted octanol–water partition coefficient (Wildman–Crippen LogP) is 13.6. The number of rotatable bonds is 10. The van der Waals surface area contributed by atoms with Crippen LogP contribution in [0, 0.1) is 0 Å². The second-order valence-electron chi connectivity index (χ2n) is 21.0. The Hall–Kier alpha value is -4.89. The first-order valence-corrected chi connectivity index (χ1v) is 23.3. The third kappa shape index (κ3) is 24.4. The summed E-state index contributed by atoms with van der Waals surface area (Å²) in [5.74, 6) is 3.36. The lowest BCUT2D eigenvalue weighted by Gasteiger charge is -2.24. The highest BCUT2D eigenvalue weighted by molar-refractivity contribution is 5.84. The van der Waals surface area contributed by atoms with Crippen molar-refractivity contribution in [3.05, 3.63) is 114 Å². The van der Waals surface area contributed by atoms with Gasteiger partial charge >= 0.3 is 6.09 Å². The number of benzene rings is 4. The van der Waals surface area contributed by atoms with Gasteiger partial charge < -0.3 is 52.1 Å². The van der Waals surface area contributed by atoms with Crippen LogP contribution in [0.4, 0.5) is 10.5 Å². The zero-order chi connectivity index (χ0) is 50.8. The molecule has 2 aliphatic heterocycles. The highest BCUT2D eigenvalue weighted by Gasteiger charge is 2.21. The van der Waals surface area contributed by atoms with Crippen LogP contribution in [0.3, 0.4) is 0 Å². The van der Waals surface area contributed by atoms with Gasteiger partial charge in [-0.25, -0.2) is 4.79 Å². The van der Waals surface area contributed by atoms with Crippen molar-refractivity contribution in [2.75, 3.05) is 46.0 Å². The molecule has 13 nitrogen and oxygen atoms in total. The largest absolute Gasteiger partial charge is 0.488 e. The quantitative estimate of drug-likeness (QED) is 0.152. The summed E-state index contributed by atoms with van der Waals surface area (Å²) in [6, 6.07) is 30.7. The molecule has 0 bridgehead atoms. The number of ether oxygens (including phenoxy) is 11. The van der Waals surface area contributed by atoms with E-state index in [0.29, 0.717) is 18.9 Å². The standard InChI is InChI=1S/C15H23NO3.C14H20O3.C13H18O3.C13H20O3/c1-14(2,3)18-12-9-7-11(8-10-12)16-13(17)19-15(4,5)6;1-14(2,3)17-12-7-5-11(6-8-12)13-15-9-4-10-16-13;1-13(2,3)16-11-6-4-10(5-7-11)12-14-8-9-15-12;1-13(2,3)16-11-8-6-10(7-9-11)12(14-4)15-5/h7-10H,1-6H3,(H,16,17);5-8,13H,4,9-10H2,1-3H3;4-7,12H,8-9H2,1-3H3;6-9,12H,1-5H3. The molecule has 2 saturated heterocycles. The molecule has 68 heavy (non-hydrogen) atoms. The van der Waals surface area contributed by atoms with Crippen LogP contribution in [0.5, 0.6) is 23.0 Å². The normalized spacial score (nSPS) is 14.8. The first-order chi connectivity index (χ1) is 31.6. The van der Waals surface area contributed by atoms with Crippen molar-refractivity contribution in [1.29, 1.82) is 0 Å². The highest BCUT2D eigenvalue weighted by Crippen LogP contribution is 2.29. The summed E-state index contributed by atoms with van der Waals surface area (Å²) in [7, 11) is 3.24. The smallest absolute Gasteiger partial charge is 0.412 e. The van der Waals surface area contributed by atoms with E-state index < -0.39 is 11.7 Å². The molecule has 1 amide bonds. The van der Waals surface area contributed by atoms with Crippen LogP contribution in [-0.2, 0) is 33.2 Å². The van der Waals surface area contributed by atoms with Gasteiger partial charge in [-0.1, -0.05) is 36.4 Å². The zero-order valence-electron chi connectivity index (χ0n) is 43.9. The number of nitrogens with one attached hydrogen (secondary N) is 1. The van der Waals surface area contributed by atoms with Gasteiger partial charge in [-0.2, -0.15) is 0 Å². The summed E-state index contributed by atoms with van der Waals surface area (Å²) >= 11 is 0. The average molecular weight is 948 g/mol. The number of methoxy groups -OCH3 is 2. The minimum Gasteiger partial charge on any atom is -0.488 e. The van der Waals surface area contributed by atoms with Crippen molar-refractivity contribution in [1.82, 2.24) is 0 Å². The van der Waals surface area contributed by atoms with Crippen LogP contribution in [-0.4, -0.2) is 74.7 Å². The minimum atomic E-state index is -0.501. The Morgan fingerprint density at radius 2 is 0.765 bits per heavy atom. The molecule has 13 heteroatoms. The summed E-state index contributed by atoms with van der Waals surface area (Å²) in [4.78, 5) is 11.6. The number of hydrogen-bond donors (Lipinski definition) is 1. The highest BCUT2D eigenvalue weighted by atomic mass is 16.7. The Balaban J connectivity index is 0.000000241. The Bertz CT molecular complexity index is 1950. The van der Waals surface area contributed by atoms with E-state index >= 15 is 0 Å². The van der Waals surface area contributed by atoms with Gasteiger partial charge in [0.25, 0.3) is 0 Å². The molecule has 2 aliphatic rings. The van der Waals surface area contributed by atoms with E-state index in [9.17, 15) is 4.79 Å². The number of anilines is 1. The summed E-state index contributed by atoms with van der Waals surface area (Å²) < 4.78 is 60.3. The molecule has 2 fully saturated rings. The van der Waals surface area contributed by atoms with Gasteiger partial charge in [-0.05, 0) is 171 Å². The van der Waals surface area contributed by atoms with Crippen LogP contribution in [0.2, 0.25) is 0 Å². The van der Waals surface area contributed by atoms with Crippen molar-refractivity contribution >= 4 is 11.8 Å². The maximum Gasteiger partial charge on any atom is 0.412 e. The molecule has 1 N–H and O–H groups in total. The molecule has 4 aromatic rings. The fourth-order valence-corrected chi connectivity index (χ4v) is 6.12. The van der Waals surface area contributed by atoms with Gasteiger partial charge in [0.15, 0.2) is 18.9 Å². The fourth-order valence-electron chi connectivity index (χ4n) is 6.12. The number of carbonyl (C=O) groups is 1. The summed E-state index contributed by atoms with van der Waals surface area (Å²) in [5, 5.41) is 2.67. The lowest BCUT2D eigenvalue weighted by atomic mass is 10.1. The SMILES string of the molecule is CC(C)(C)OC(=O)Nc1ccc(OC(C)(C)C)cc1.CC(C)(C)Oc1ccc(C2OCCCO2)cc1.CC(C)(C)Oc1ccc(C2OCCO2)cc1.COC(OC)c1ccc(OC(C)(C)C)cc1. The second kappa shape index (κ2) is 26.2. The van der Waals surface area contributed by atoms with E-state index in [1.807, 2.05) is 189 Å². The van der Waals surface area contributed by atoms with Gasteiger partial charge in [0, 0.05) is 36.6 Å². The third-order valence-corrected chi connectivity index (χ3v) is 8.53. The molecular weight excluding hydrogens is 867 g/mol. The van der Waals surface area contributed by atoms with Crippen molar-refractivity contribution in [3.63, 3.8) is 0 Å². The van der Waals surface area contributed by atoms with E-state index in [1.54, 1.807) is 26.4 Å². The summed E-state index contributed by atoms with van der Waals surface area (Å²) in [6.45, 7) is 32.6. The molecular formula is C55H81NO12. The average Bonchev–Trinajstić information content (AvgIpc) is 3.77. The molecule has 0 spiro atoms.